The number of amides is 6. The molecule has 35 nitrogen and oxygen atoms in total. The Hall–Kier alpha value is -9.75. The number of methoxy groups -OCH3 is 2. The van der Waals surface area contributed by atoms with Crippen molar-refractivity contribution in [3.63, 3.8) is 0 Å². The molecule has 0 bridgehead atoms. The van der Waals surface area contributed by atoms with E-state index in [0.29, 0.717) is 79.6 Å². The molecule has 6 rings (SSSR count). The van der Waals surface area contributed by atoms with E-state index in [-0.39, 0.29) is 140 Å². The Kier molecular flexibility index (Phi) is 43.8. The van der Waals surface area contributed by atoms with Crippen LogP contribution < -0.4 is 30.7 Å². The number of carbonyl (C=O) groups excluding carboxylic acids is 13. The van der Waals surface area contributed by atoms with Crippen LogP contribution in [0.1, 0.15) is 190 Å². The van der Waals surface area contributed by atoms with Crippen molar-refractivity contribution in [3.05, 3.63) is 95.6 Å². The number of unbranched alkanes of at least 4 members (excludes halogenated alkanes) is 4. The summed E-state index contributed by atoms with van der Waals surface area (Å²) in [5.41, 5.74) is 0.539. The smallest absolute Gasteiger partial charge is 0.303 e. The number of ketones is 1. The maximum absolute atomic E-state index is 15.1. The predicted octanol–water partition coefficient (Wildman–Crippen LogP) is 6.31. The van der Waals surface area contributed by atoms with Crippen molar-refractivity contribution in [1.82, 2.24) is 31.1 Å². The molecule has 3 saturated heterocycles. The lowest BCUT2D eigenvalue weighted by Gasteiger charge is -2.44. The van der Waals surface area contributed by atoms with E-state index in [1.54, 1.807) is 64.2 Å². The molecular formula is C88H128N6O29. The summed E-state index contributed by atoms with van der Waals surface area (Å²) < 4.78 is 87.6. The zero-order valence-electron chi connectivity index (χ0n) is 73.4. The number of esters is 6. The molecule has 3 aromatic carbocycles. The first-order valence-electron chi connectivity index (χ1n) is 42.2. The van der Waals surface area contributed by atoms with Gasteiger partial charge in [-0.3, -0.25) is 62.3 Å². The SMILES string of the molecule is COc1ccc(C(OCC(O)C(=O)N(CCCNC(=O)CCCCO[C@@H]2OC(COC(C)=O)[C@H](OC(C)=O)[C@H](C)C2NC(C)=O)CCCN(CCCCC(=O)CCCCO[C@@H]2OC(COC(C)=O)[C@H](OC(C)=O)[C@H](C)C2NC(C)=O)C(=O)CCCCO[C@@H]2OC(COC(C)=O)[C@H](OC(C)=O)[C@H](C)C2NC(C)=O)(c2ccccc2)c2ccc(OC)cc2)cc1. The third-order valence-corrected chi connectivity index (χ3v) is 21.3. The fraction of sp³-hybridized carbons (Fsp3) is 0.648. The summed E-state index contributed by atoms with van der Waals surface area (Å²) >= 11 is 0. The molecule has 3 aliphatic heterocycles. The molecule has 0 saturated carbocycles. The maximum atomic E-state index is 15.1. The largest absolute Gasteiger partial charge is 0.497 e. The average molecular weight is 1730 g/mol. The van der Waals surface area contributed by atoms with Crippen LogP contribution in [0, 0.1) is 17.8 Å². The standard InChI is InChI=1S/C88H128N6O29/c1-54-78(90-57(4)95)85(121-73(51-114-60(7)98)81(54)118-63(10)101)111-47-23-19-31-69(104)30-18-22-43-93(77(107)33-21-25-49-113-87-80(92-59(6)97)56(3)83(120-65(12)103)75(123-87)53-116-62(9)100)45-27-46-94(44-26-42-89-76(106)32-20-24-48-112-86-79(91-58(5)96)55(2)82(119-64(11)102)74(122-86)52-115-61(8)99)84(108)72(105)50-117-88(66-28-16-15-17-29-66,67-34-38-70(109-13)39-35-67)68-36-40-71(110-14)41-37-68/h15-17,28-29,34-41,54-56,72-75,78-83,85-87,105H,18-27,30-33,42-53H2,1-14H3,(H,89,106)(H,90,95)(H,91,96)(H,92,97)/t54-,55-,56-,72?,73?,74?,75?,78?,79?,80?,81-,82-,83-,85-,86-,87-/m1/s1. The van der Waals surface area contributed by atoms with Crippen LogP contribution in [0.4, 0.5) is 0 Å². The van der Waals surface area contributed by atoms with Crippen molar-refractivity contribution >= 4 is 77.0 Å². The maximum Gasteiger partial charge on any atom is 0.303 e. The van der Waals surface area contributed by atoms with Gasteiger partial charge in [-0.25, -0.2) is 0 Å². The van der Waals surface area contributed by atoms with E-state index in [1.807, 2.05) is 54.6 Å². The highest BCUT2D eigenvalue weighted by atomic mass is 16.7. The van der Waals surface area contributed by atoms with Crippen molar-refractivity contribution in [2.75, 3.05) is 93.2 Å². The van der Waals surface area contributed by atoms with E-state index >= 15 is 4.79 Å². The summed E-state index contributed by atoms with van der Waals surface area (Å²) in [5.74, 6) is -6.48. The number of hydrogen-bond donors (Lipinski definition) is 5. The number of Topliss-reactive ketones (excluding diaryl/α,β-unsaturated/α-hetero) is 1. The van der Waals surface area contributed by atoms with Gasteiger partial charge in [-0.1, -0.05) is 75.4 Å². The molecule has 16 atom stereocenters. The Morgan fingerprint density at radius 2 is 0.780 bits per heavy atom. The Morgan fingerprint density at radius 1 is 0.423 bits per heavy atom. The number of aliphatic hydroxyl groups is 1. The molecule has 0 aromatic heterocycles. The Balaban J connectivity index is 1.19. The van der Waals surface area contributed by atoms with Gasteiger partial charge in [0.05, 0.1) is 39.0 Å². The first-order valence-corrected chi connectivity index (χ1v) is 42.2. The molecule has 3 heterocycles. The Bertz CT molecular complexity index is 3820. The third-order valence-electron chi connectivity index (χ3n) is 21.3. The van der Waals surface area contributed by atoms with Crippen LogP contribution in [-0.2, 0) is 130 Å². The van der Waals surface area contributed by atoms with Gasteiger partial charge in [-0.2, -0.15) is 0 Å². The minimum absolute atomic E-state index is 0.0150. The molecule has 0 aliphatic carbocycles. The minimum Gasteiger partial charge on any atom is -0.497 e. The molecule has 6 amide bonds. The summed E-state index contributed by atoms with van der Waals surface area (Å²) in [6.45, 7) is 16.1. The zero-order valence-corrected chi connectivity index (χ0v) is 73.4. The summed E-state index contributed by atoms with van der Waals surface area (Å²) in [6, 6.07) is 21.5. The van der Waals surface area contributed by atoms with Crippen LogP contribution in [-0.4, -0.2) is 265 Å². The lowest BCUT2D eigenvalue weighted by molar-refractivity contribution is -0.262. The van der Waals surface area contributed by atoms with Gasteiger partial charge in [0.15, 0.2) is 25.0 Å². The third kappa shape index (κ3) is 33.7. The molecule has 684 valence electrons. The fourth-order valence-corrected chi connectivity index (χ4v) is 15.2. The van der Waals surface area contributed by atoms with E-state index in [4.69, 9.17) is 71.1 Å². The van der Waals surface area contributed by atoms with Gasteiger partial charge in [-0.15, -0.1) is 0 Å². The van der Waals surface area contributed by atoms with E-state index in [2.05, 4.69) is 21.3 Å². The van der Waals surface area contributed by atoms with Gasteiger partial charge in [0.2, 0.25) is 29.5 Å². The lowest BCUT2D eigenvalue weighted by Crippen LogP contribution is -2.62. The molecule has 3 aliphatic rings. The van der Waals surface area contributed by atoms with E-state index in [1.165, 1.54) is 67.2 Å². The van der Waals surface area contributed by atoms with Gasteiger partial charge < -0.3 is 107 Å². The number of hydrogen-bond acceptors (Lipinski definition) is 29. The van der Waals surface area contributed by atoms with Crippen molar-refractivity contribution in [2.24, 2.45) is 17.8 Å². The highest BCUT2D eigenvalue weighted by Crippen LogP contribution is 2.43. The number of nitrogens with zero attached hydrogens (tertiary/aromatic N) is 2. The highest BCUT2D eigenvalue weighted by molar-refractivity contribution is 5.81. The first-order chi connectivity index (χ1) is 58.6. The van der Waals surface area contributed by atoms with Crippen LogP contribution >= 0.6 is 0 Å². The molecule has 3 aromatic rings. The highest BCUT2D eigenvalue weighted by Gasteiger charge is 2.51. The van der Waals surface area contributed by atoms with Crippen LogP contribution in [0.3, 0.4) is 0 Å². The Morgan fingerprint density at radius 3 is 1.16 bits per heavy atom. The molecular weight excluding hydrogens is 1600 g/mol. The molecule has 35 heteroatoms. The molecule has 0 spiro atoms. The normalized spacial score (nSPS) is 22.6. The summed E-state index contributed by atoms with van der Waals surface area (Å²) in [4.78, 5) is 169. The van der Waals surface area contributed by atoms with Crippen LogP contribution in [0.2, 0.25) is 0 Å². The van der Waals surface area contributed by atoms with Crippen molar-refractivity contribution in [3.8, 4) is 11.5 Å². The molecule has 3 fully saturated rings. The van der Waals surface area contributed by atoms with Crippen LogP contribution in [0.15, 0.2) is 78.9 Å². The average Bonchev–Trinajstić information content (AvgIpc) is 0.750. The minimum atomic E-state index is -1.77. The van der Waals surface area contributed by atoms with Crippen molar-refractivity contribution < 1.29 is 138 Å². The number of aliphatic hydroxyl groups excluding tert-OH is 1. The topological polar surface area (TPSA) is 435 Å². The number of benzene rings is 3. The van der Waals surface area contributed by atoms with Gasteiger partial charge in [0.25, 0.3) is 5.91 Å². The predicted molar refractivity (Wildman–Crippen MR) is 441 cm³/mol. The van der Waals surface area contributed by atoms with Crippen LogP contribution in [0.5, 0.6) is 11.5 Å². The van der Waals surface area contributed by atoms with E-state index in [9.17, 15) is 62.6 Å². The van der Waals surface area contributed by atoms with Gasteiger partial charge in [-0.05, 0) is 105 Å². The second-order valence-corrected chi connectivity index (χ2v) is 31.1. The second-order valence-electron chi connectivity index (χ2n) is 31.1. The molecule has 123 heavy (non-hydrogen) atoms. The first kappa shape index (κ1) is 102. The zero-order chi connectivity index (χ0) is 90.3. The fourth-order valence-electron chi connectivity index (χ4n) is 15.2. The number of ether oxygens (including phenoxy) is 15. The van der Waals surface area contributed by atoms with Gasteiger partial charge >= 0.3 is 35.8 Å². The quantitative estimate of drug-likeness (QED) is 0.0179. The Labute approximate surface area is 719 Å². The van der Waals surface area contributed by atoms with Gasteiger partial charge in [0, 0.05) is 158 Å². The van der Waals surface area contributed by atoms with E-state index < -0.39 is 157 Å². The summed E-state index contributed by atoms with van der Waals surface area (Å²) in [6.07, 6.45) is -6.41. The second kappa shape index (κ2) is 52.8. The van der Waals surface area contributed by atoms with Crippen LogP contribution in [0.25, 0.3) is 0 Å². The van der Waals surface area contributed by atoms with Crippen molar-refractivity contribution in [2.45, 2.75) is 258 Å². The molecule has 7 unspecified atom stereocenters. The number of rotatable bonds is 52. The number of nitrogens with one attached hydrogen (secondary N) is 4. The van der Waals surface area contributed by atoms with E-state index in [0.717, 1.165) is 0 Å². The molecule has 5 N–H and O–H groups in total. The lowest BCUT2D eigenvalue weighted by atomic mass is 9.80. The molecule has 0 radical (unpaired) electrons. The summed E-state index contributed by atoms with van der Waals surface area (Å²) in [5, 5.41) is 23.7. The monoisotopic (exact) mass is 1730 g/mol. The number of carbonyl (C=O) groups is 13. The van der Waals surface area contributed by atoms with Crippen molar-refractivity contribution in [1.29, 1.82) is 0 Å². The van der Waals surface area contributed by atoms with Gasteiger partial charge in [0.1, 0.15) is 79.3 Å². The summed E-state index contributed by atoms with van der Waals surface area (Å²) in [7, 11) is 3.10.